The van der Waals surface area contributed by atoms with E-state index in [0.717, 1.165) is 18.2 Å². The van der Waals surface area contributed by atoms with E-state index >= 15 is 0 Å². The van der Waals surface area contributed by atoms with E-state index in [1.54, 1.807) is 4.57 Å². The van der Waals surface area contributed by atoms with E-state index in [4.69, 9.17) is 0 Å². The molecule has 1 aromatic heterocycles. The van der Waals surface area contributed by atoms with Crippen LogP contribution in [-0.2, 0) is 11.0 Å². The zero-order valence-electron chi connectivity index (χ0n) is 16.7. The lowest BCUT2D eigenvalue weighted by Crippen LogP contribution is -2.25. The number of halogens is 4. The molecule has 10 heteroatoms. The van der Waals surface area contributed by atoms with Gasteiger partial charge in [0.25, 0.3) is 5.91 Å². The van der Waals surface area contributed by atoms with E-state index in [1.807, 2.05) is 0 Å². The van der Waals surface area contributed by atoms with Crippen molar-refractivity contribution in [3.05, 3.63) is 59.4 Å². The van der Waals surface area contributed by atoms with Gasteiger partial charge in [-0.05, 0) is 56.0 Å². The average Bonchev–Trinajstić information content (AvgIpc) is 3.10. The minimum atomic E-state index is -4.59. The highest BCUT2D eigenvalue weighted by atomic mass is 19.4. The van der Waals surface area contributed by atoms with Gasteiger partial charge in [-0.2, -0.15) is 13.2 Å². The van der Waals surface area contributed by atoms with Gasteiger partial charge in [0.1, 0.15) is 5.82 Å². The summed E-state index contributed by atoms with van der Waals surface area (Å²) in [6.45, 7) is 0. The van der Waals surface area contributed by atoms with E-state index in [2.05, 4.69) is 10.3 Å². The highest BCUT2D eigenvalue weighted by molar-refractivity contribution is 6.04. The predicted molar refractivity (Wildman–Crippen MR) is 108 cm³/mol. The van der Waals surface area contributed by atoms with Crippen molar-refractivity contribution in [3.63, 3.8) is 0 Å². The summed E-state index contributed by atoms with van der Waals surface area (Å²) in [5.41, 5.74) is -0.318. The maximum absolute atomic E-state index is 13.7. The number of alkyl halides is 3. The molecule has 1 saturated carbocycles. The number of aliphatic carboxylic acids is 1. The fourth-order valence-corrected chi connectivity index (χ4v) is 4.12. The first-order valence-electron chi connectivity index (χ1n) is 10.0. The van der Waals surface area contributed by atoms with Gasteiger partial charge in [0.15, 0.2) is 0 Å². The lowest BCUT2D eigenvalue weighted by molar-refractivity contribution is -0.143. The van der Waals surface area contributed by atoms with Crippen LogP contribution in [0.5, 0.6) is 0 Å². The Morgan fingerprint density at radius 3 is 2.44 bits per heavy atom. The highest BCUT2D eigenvalue weighted by Crippen LogP contribution is 2.37. The van der Waals surface area contributed by atoms with Gasteiger partial charge < -0.3 is 9.67 Å². The van der Waals surface area contributed by atoms with E-state index in [0.29, 0.717) is 31.2 Å². The average molecular weight is 449 g/mol. The molecule has 1 aliphatic rings. The Labute approximate surface area is 179 Å². The van der Waals surface area contributed by atoms with Crippen LogP contribution in [0.25, 0.3) is 11.0 Å². The Hall–Kier alpha value is -3.43. The molecule has 1 aliphatic carbocycles. The third-order valence-electron chi connectivity index (χ3n) is 5.74. The molecule has 3 aromatic rings. The molecule has 0 aliphatic heterocycles. The number of benzene rings is 2. The van der Waals surface area contributed by atoms with E-state index in [1.165, 1.54) is 24.3 Å². The largest absolute Gasteiger partial charge is 0.481 e. The summed E-state index contributed by atoms with van der Waals surface area (Å²) in [5.74, 6) is -2.55. The van der Waals surface area contributed by atoms with Crippen molar-refractivity contribution in [2.24, 2.45) is 5.92 Å². The predicted octanol–water partition coefficient (Wildman–Crippen LogP) is 5.26. The zero-order chi connectivity index (χ0) is 23.0. The molecule has 1 amide bonds. The number of carbonyl (C=O) groups excluding carboxylic acids is 1. The second-order valence-electron chi connectivity index (χ2n) is 7.81. The van der Waals surface area contributed by atoms with Crippen LogP contribution in [0, 0.1) is 11.7 Å². The van der Waals surface area contributed by atoms with Crippen LogP contribution in [0.4, 0.5) is 23.5 Å². The molecule has 0 spiro atoms. The maximum atomic E-state index is 13.7. The number of fused-ring (bicyclic) bond motifs is 1. The van der Waals surface area contributed by atoms with Gasteiger partial charge in [-0.1, -0.05) is 6.07 Å². The normalized spacial score (nSPS) is 19.1. The summed E-state index contributed by atoms with van der Waals surface area (Å²) in [6, 6.07) is 7.80. The van der Waals surface area contributed by atoms with Crippen LogP contribution < -0.4 is 5.32 Å². The van der Waals surface area contributed by atoms with E-state index in [9.17, 15) is 32.3 Å². The molecule has 1 fully saturated rings. The van der Waals surface area contributed by atoms with Crippen LogP contribution in [0.3, 0.4) is 0 Å². The first-order valence-corrected chi connectivity index (χ1v) is 10.0. The number of rotatable bonds is 4. The second kappa shape index (κ2) is 8.25. The fraction of sp³-hybridized carbons (Fsp3) is 0.318. The van der Waals surface area contributed by atoms with Crippen molar-refractivity contribution >= 4 is 28.9 Å². The second-order valence-corrected chi connectivity index (χ2v) is 7.81. The zero-order valence-corrected chi connectivity index (χ0v) is 16.7. The minimum Gasteiger partial charge on any atom is -0.481 e. The van der Waals surface area contributed by atoms with Crippen LogP contribution in [0.15, 0.2) is 42.5 Å². The van der Waals surface area contributed by atoms with Crippen molar-refractivity contribution in [1.82, 2.24) is 9.55 Å². The van der Waals surface area contributed by atoms with Crippen molar-refractivity contribution in [2.75, 3.05) is 5.32 Å². The number of hydrogen-bond donors (Lipinski definition) is 2. The molecule has 168 valence electrons. The van der Waals surface area contributed by atoms with Crippen molar-refractivity contribution in [3.8, 4) is 0 Å². The maximum Gasteiger partial charge on any atom is 0.416 e. The standard InChI is InChI=1S/C22H19F4N3O3/c23-15-6-9-18-17(11-15)27-21(29(18)16-7-4-12(5-8-16)20(31)32)28-19(30)13-2-1-3-14(10-13)22(24,25)26/h1-3,6,9-12,16H,4-5,7-8H2,(H,31,32)(H,27,28,30). The number of imidazole rings is 1. The van der Waals surface area contributed by atoms with Crippen molar-refractivity contribution < 1.29 is 32.3 Å². The quantitative estimate of drug-likeness (QED) is 0.532. The molecule has 0 unspecified atom stereocenters. The summed E-state index contributed by atoms with van der Waals surface area (Å²) >= 11 is 0. The van der Waals surface area contributed by atoms with Crippen molar-refractivity contribution in [2.45, 2.75) is 37.9 Å². The third-order valence-corrected chi connectivity index (χ3v) is 5.74. The number of hydrogen-bond acceptors (Lipinski definition) is 3. The number of anilines is 1. The molecule has 4 rings (SSSR count). The smallest absolute Gasteiger partial charge is 0.416 e. The number of carboxylic acid groups (broad SMARTS) is 1. The molecular weight excluding hydrogens is 430 g/mol. The molecule has 0 bridgehead atoms. The Morgan fingerprint density at radius 2 is 1.78 bits per heavy atom. The Kier molecular flexibility index (Phi) is 5.62. The summed E-state index contributed by atoms with van der Waals surface area (Å²) in [5, 5.41) is 11.8. The minimum absolute atomic E-state index is 0.0757. The van der Waals surface area contributed by atoms with Crippen LogP contribution in [0.2, 0.25) is 0 Å². The highest BCUT2D eigenvalue weighted by Gasteiger charge is 2.32. The summed E-state index contributed by atoms with van der Waals surface area (Å²) in [6.07, 6.45) is -2.72. The third kappa shape index (κ3) is 4.30. The summed E-state index contributed by atoms with van der Waals surface area (Å²) in [7, 11) is 0. The molecule has 6 nitrogen and oxygen atoms in total. The molecule has 0 radical (unpaired) electrons. The Bertz CT molecular complexity index is 1180. The van der Waals surface area contributed by atoms with Crippen LogP contribution in [-0.4, -0.2) is 26.5 Å². The molecule has 0 atom stereocenters. The van der Waals surface area contributed by atoms with E-state index in [-0.39, 0.29) is 23.1 Å². The van der Waals surface area contributed by atoms with Crippen LogP contribution >= 0.6 is 0 Å². The molecule has 0 saturated heterocycles. The molecule has 32 heavy (non-hydrogen) atoms. The molecular formula is C22H19F4N3O3. The topological polar surface area (TPSA) is 84.2 Å². The van der Waals surface area contributed by atoms with Gasteiger partial charge in [-0.25, -0.2) is 9.37 Å². The number of nitrogens with zero attached hydrogens (tertiary/aromatic N) is 2. The monoisotopic (exact) mass is 449 g/mol. The van der Waals surface area contributed by atoms with Gasteiger partial charge in [0.05, 0.1) is 22.5 Å². The fourth-order valence-electron chi connectivity index (χ4n) is 4.12. The summed E-state index contributed by atoms with van der Waals surface area (Å²) < 4.78 is 54.5. The molecule has 2 aromatic carbocycles. The number of aromatic nitrogens is 2. The number of nitrogens with one attached hydrogen (secondary N) is 1. The SMILES string of the molecule is O=C(Nc1nc2cc(F)ccc2n1C1CCC(C(=O)O)CC1)c1cccc(C(F)(F)F)c1. The van der Waals surface area contributed by atoms with Gasteiger partial charge in [0, 0.05) is 17.7 Å². The lowest BCUT2D eigenvalue weighted by Gasteiger charge is -2.28. The van der Waals surface area contributed by atoms with Gasteiger partial charge >= 0.3 is 12.1 Å². The Morgan fingerprint density at radius 1 is 1.06 bits per heavy atom. The van der Waals surface area contributed by atoms with Crippen LogP contribution in [0.1, 0.15) is 47.6 Å². The number of amides is 1. The van der Waals surface area contributed by atoms with Gasteiger partial charge in [-0.15, -0.1) is 0 Å². The molecule has 2 N–H and O–H groups in total. The summed E-state index contributed by atoms with van der Waals surface area (Å²) in [4.78, 5) is 28.3. The van der Waals surface area contributed by atoms with Crippen molar-refractivity contribution in [1.29, 1.82) is 0 Å². The lowest BCUT2D eigenvalue weighted by atomic mass is 9.86. The van der Waals surface area contributed by atoms with Gasteiger partial charge in [-0.3, -0.25) is 14.9 Å². The number of carboxylic acids is 1. The number of carbonyl (C=O) groups is 2. The molecule has 1 heterocycles. The first kappa shape index (κ1) is 21.8. The Balaban J connectivity index is 1.67. The van der Waals surface area contributed by atoms with E-state index < -0.39 is 35.4 Å². The first-order chi connectivity index (χ1) is 15.1. The van der Waals surface area contributed by atoms with Gasteiger partial charge in [0.2, 0.25) is 5.95 Å².